The van der Waals surface area contributed by atoms with Crippen LogP contribution in [0.4, 0.5) is 17.2 Å². The summed E-state index contributed by atoms with van der Waals surface area (Å²) in [7, 11) is 0. The van der Waals surface area contributed by atoms with E-state index in [-0.39, 0.29) is 5.92 Å². The average Bonchev–Trinajstić information content (AvgIpc) is 3.13. The minimum Gasteiger partial charge on any atom is -0.382 e. The quantitative estimate of drug-likeness (QED) is 0.538. The molecule has 1 aliphatic heterocycles. The molecule has 0 saturated carbocycles. The largest absolute Gasteiger partial charge is 0.382 e. The Balaban J connectivity index is 1.72. The van der Waals surface area contributed by atoms with Gasteiger partial charge in [-0.2, -0.15) is 5.26 Å². The Bertz CT molecular complexity index is 1300. The third-order valence-electron chi connectivity index (χ3n) is 5.53. The summed E-state index contributed by atoms with van der Waals surface area (Å²) in [4.78, 5) is 10.9. The summed E-state index contributed by atoms with van der Waals surface area (Å²) in [6, 6.07) is 16.0. The second kappa shape index (κ2) is 7.22. The smallest absolute Gasteiger partial charge is 0.142 e. The zero-order valence-electron chi connectivity index (χ0n) is 17.2. The van der Waals surface area contributed by atoms with Crippen molar-refractivity contribution < 1.29 is 0 Å². The third-order valence-corrected chi connectivity index (χ3v) is 5.53. The normalized spacial score (nSPS) is 15.0. The van der Waals surface area contributed by atoms with Crippen LogP contribution in [-0.4, -0.2) is 31.3 Å². The number of anilines is 3. The molecule has 2 aromatic carbocycles. The van der Waals surface area contributed by atoms with Crippen LogP contribution in [0.5, 0.6) is 0 Å². The highest BCUT2D eigenvalue weighted by Gasteiger charge is 2.28. The fourth-order valence-electron chi connectivity index (χ4n) is 3.98. The fraction of sp³-hybridized carbons (Fsp3) is 0.174. The van der Waals surface area contributed by atoms with Crippen LogP contribution in [0.15, 0.2) is 54.9 Å². The van der Waals surface area contributed by atoms with Crippen molar-refractivity contribution in [2.75, 3.05) is 17.2 Å². The van der Waals surface area contributed by atoms with Gasteiger partial charge in [0.05, 0.1) is 41.1 Å². The maximum atomic E-state index is 9.18. The number of hydrogen-bond donors (Lipinski definition) is 1. The van der Waals surface area contributed by atoms with Gasteiger partial charge >= 0.3 is 0 Å². The molecule has 0 amide bonds. The van der Waals surface area contributed by atoms with Gasteiger partial charge in [-0.15, -0.1) is 10.2 Å². The number of nitriles is 1. The van der Waals surface area contributed by atoms with Crippen LogP contribution in [0.25, 0.3) is 16.9 Å². The summed E-state index contributed by atoms with van der Waals surface area (Å²) in [5.41, 5.74) is 11.0. The van der Waals surface area contributed by atoms with Crippen molar-refractivity contribution in [1.82, 2.24) is 24.7 Å². The molecule has 1 aliphatic rings. The van der Waals surface area contributed by atoms with Gasteiger partial charge < -0.3 is 10.6 Å². The number of hydrogen-bond acceptors (Lipinski definition) is 7. The van der Waals surface area contributed by atoms with E-state index in [2.05, 4.69) is 54.8 Å². The highest BCUT2D eigenvalue weighted by molar-refractivity contribution is 5.78. The molecule has 4 aromatic rings. The summed E-state index contributed by atoms with van der Waals surface area (Å²) in [6.45, 7) is 4.83. The summed E-state index contributed by atoms with van der Waals surface area (Å²) < 4.78 is 2.11. The lowest BCUT2D eigenvalue weighted by molar-refractivity contribution is 0.696. The lowest BCUT2D eigenvalue weighted by atomic mass is 10.1. The Labute approximate surface area is 179 Å². The summed E-state index contributed by atoms with van der Waals surface area (Å²) in [6.07, 6.45) is 3.24. The molecule has 152 valence electrons. The first kappa shape index (κ1) is 18.8. The van der Waals surface area contributed by atoms with E-state index < -0.39 is 0 Å². The highest BCUT2D eigenvalue weighted by Crippen LogP contribution is 2.40. The van der Waals surface area contributed by atoms with Crippen LogP contribution in [0.3, 0.4) is 0 Å². The van der Waals surface area contributed by atoms with Gasteiger partial charge in [-0.05, 0) is 43.3 Å². The van der Waals surface area contributed by atoms with Gasteiger partial charge in [-0.3, -0.25) is 9.55 Å². The van der Waals surface area contributed by atoms with Gasteiger partial charge in [0.1, 0.15) is 17.5 Å². The van der Waals surface area contributed by atoms with E-state index >= 15 is 0 Å². The molecule has 0 fully saturated rings. The van der Waals surface area contributed by atoms with Crippen molar-refractivity contribution in [3.05, 3.63) is 72.1 Å². The Kier molecular flexibility index (Phi) is 4.37. The Morgan fingerprint density at radius 3 is 2.55 bits per heavy atom. The van der Waals surface area contributed by atoms with E-state index in [1.165, 1.54) is 0 Å². The number of nitrogens with zero attached hydrogens (tertiary/aromatic N) is 7. The van der Waals surface area contributed by atoms with Crippen molar-refractivity contribution in [2.24, 2.45) is 0 Å². The van der Waals surface area contributed by atoms with E-state index in [0.29, 0.717) is 17.9 Å². The molecule has 2 N–H and O–H groups in total. The molecule has 3 heterocycles. The minimum atomic E-state index is 0.143. The van der Waals surface area contributed by atoms with Gasteiger partial charge in [0.2, 0.25) is 0 Å². The molecule has 0 bridgehead atoms. The lowest BCUT2D eigenvalue weighted by Gasteiger charge is -2.27. The molecule has 0 aliphatic carbocycles. The molecule has 0 saturated heterocycles. The van der Waals surface area contributed by atoms with E-state index in [0.717, 1.165) is 40.0 Å². The number of benzene rings is 2. The first-order valence-electron chi connectivity index (χ1n) is 9.97. The standard InChI is InChI=1S/C23H20N8/c1-14-13-30(18-6-3-16(10-24)4-7-18)21-9-17(19-11-27-22(25)12-26-19)5-8-20(21)31-15(2)28-29-23(14)31/h3-9,11-12,14H,13H2,1-2H3,(H2,25,27). The van der Waals surface area contributed by atoms with Gasteiger partial charge in [0.15, 0.2) is 0 Å². The lowest BCUT2D eigenvalue weighted by Crippen LogP contribution is -2.22. The molecule has 0 radical (unpaired) electrons. The van der Waals surface area contributed by atoms with Gasteiger partial charge in [0.25, 0.3) is 0 Å². The van der Waals surface area contributed by atoms with Crippen LogP contribution in [0, 0.1) is 18.3 Å². The third kappa shape index (κ3) is 3.16. The van der Waals surface area contributed by atoms with E-state index in [4.69, 9.17) is 5.73 Å². The summed E-state index contributed by atoms with van der Waals surface area (Å²) >= 11 is 0. The van der Waals surface area contributed by atoms with Crippen LogP contribution in [0.2, 0.25) is 0 Å². The van der Waals surface area contributed by atoms with Crippen LogP contribution < -0.4 is 10.6 Å². The first-order chi connectivity index (χ1) is 15.0. The van der Waals surface area contributed by atoms with Crippen molar-refractivity contribution in [1.29, 1.82) is 5.26 Å². The number of aromatic nitrogens is 5. The second-order valence-corrected chi connectivity index (χ2v) is 7.64. The predicted octanol–water partition coefficient (Wildman–Crippen LogP) is 3.74. The first-order valence-corrected chi connectivity index (χ1v) is 9.97. The van der Waals surface area contributed by atoms with E-state index in [9.17, 15) is 5.26 Å². The second-order valence-electron chi connectivity index (χ2n) is 7.64. The average molecular weight is 408 g/mol. The number of aryl methyl sites for hydroxylation is 1. The van der Waals surface area contributed by atoms with Crippen molar-refractivity contribution >= 4 is 17.2 Å². The maximum Gasteiger partial charge on any atom is 0.142 e. The fourth-order valence-corrected chi connectivity index (χ4v) is 3.98. The molecule has 8 nitrogen and oxygen atoms in total. The van der Waals surface area contributed by atoms with Gasteiger partial charge in [0, 0.05) is 23.7 Å². The molecule has 1 unspecified atom stereocenters. The van der Waals surface area contributed by atoms with Crippen LogP contribution in [-0.2, 0) is 0 Å². The SMILES string of the molecule is Cc1nnc2n1-c1ccc(-c3cnc(N)cn3)cc1N(c1ccc(C#N)cc1)CC2C. The van der Waals surface area contributed by atoms with Gasteiger partial charge in [-0.25, -0.2) is 4.98 Å². The minimum absolute atomic E-state index is 0.143. The van der Waals surface area contributed by atoms with Gasteiger partial charge in [-0.1, -0.05) is 13.0 Å². The van der Waals surface area contributed by atoms with E-state index in [1.54, 1.807) is 12.4 Å². The topological polar surface area (TPSA) is 110 Å². The molecule has 31 heavy (non-hydrogen) atoms. The Morgan fingerprint density at radius 1 is 1.03 bits per heavy atom. The summed E-state index contributed by atoms with van der Waals surface area (Å²) in [5, 5.41) is 18.0. The highest BCUT2D eigenvalue weighted by atomic mass is 15.3. The summed E-state index contributed by atoms with van der Waals surface area (Å²) in [5.74, 6) is 2.29. The maximum absolute atomic E-state index is 9.18. The Morgan fingerprint density at radius 2 is 1.84 bits per heavy atom. The molecular formula is C23H20N8. The van der Waals surface area contributed by atoms with Crippen molar-refractivity contribution in [3.63, 3.8) is 0 Å². The van der Waals surface area contributed by atoms with Crippen LogP contribution in [0.1, 0.15) is 30.1 Å². The zero-order chi connectivity index (χ0) is 21.5. The number of nitrogens with two attached hydrogens (primary N) is 1. The molecular weight excluding hydrogens is 388 g/mol. The van der Waals surface area contributed by atoms with E-state index in [1.807, 2.05) is 37.3 Å². The number of nitrogen functional groups attached to an aromatic ring is 1. The van der Waals surface area contributed by atoms with Crippen molar-refractivity contribution in [2.45, 2.75) is 19.8 Å². The molecule has 1 atom stereocenters. The Hall–Kier alpha value is -4.25. The number of fused-ring (bicyclic) bond motifs is 3. The van der Waals surface area contributed by atoms with Crippen molar-refractivity contribution in [3.8, 4) is 23.0 Å². The molecule has 5 rings (SSSR count). The molecule has 8 heteroatoms. The monoisotopic (exact) mass is 408 g/mol. The van der Waals surface area contributed by atoms with Crippen LogP contribution >= 0.6 is 0 Å². The number of rotatable bonds is 2. The predicted molar refractivity (Wildman–Crippen MR) is 118 cm³/mol. The molecule has 0 spiro atoms. The molecule has 2 aromatic heterocycles. The zero-order valence-corrected chi connectivity index (χ0v) is 17.2.